The lowest BCUT2D eigenvalue weighted by Gasteiger charge is -2.16. The van der Waals surface area contributed by atoms with E-state index >= 15 is 0 Å². The van der Waals surface area contributed by atoms with Crippen LogP contribution in [0.2, 0.25) is 0 Å². The summed E-state index contributed by atoms with van der Waals surface area (Å²) in [7, 11) is 0. The molecule has 0 fully saturated rings. The van der Waals surface area contributed by atoms with Crippen LogP contribution in [0.1, 0.15) is 18.6 Å². The molecular formula is C30H25N3O3. The highest BCUT2D eigenvalue weighted by Gasteiger charge is 2.14. The van der Waals surface area contributed by atoms with E-state index in [1.807, 2.05) is 97.1 Å². The third-order valence-electron chi connectivity index (χ3n) is 5.96. The number of hydrogen-bond acceptors (Lipinski definition) is 3. The van der Waals surface area contributed by atoms with Gasteiger partial charge in [-0.15, -0.1) is 0 Å². The highest BCUT2D eigenvalue weighted by Crippen LogP contribution is 2.26. The van der Waals surface area contributed by atoms with E-state index in [1.54, 1.807) is 19.1 Å². The van der Waals surface area contributed by atoms with Crippen LogP contribution in [0.25, 0.3) is 21.5 Å². The molecule has 5 aromatic carbocycles. The average Bonchev–Trinajstić information content (AvgIpc) is 2.89. The summed E-state index contributed by atoms with van der Waals surface area (Å²) < 4.78 is 5.61. The Bertz CT molecular complexity index is 1550. The lowest BCUT2D eigenvalue weighted by molar-refractivity contribution is 0.121. The fourth-order valence-corrected chi connectivity index (χ4v) is 4.19. The second kappa shape index (κ2) is 10.2. The van der Waals surface area contributed by atoms with Crippen LogP contribution in [0.5, 0.6) is 0 Å². The van der Waals surface area contributed by atoms with Crippen molar-refractivity contribution in [1.82, 2.24) is 0 Å². The molecule has 0 aliphatic rings. The van der Waals surface area contributed by atoms with Crippen molar-refractivity contribution in [2.45, 2.75) is 13.0 Å². The fraction of sp³-hybridized carbons (Fsp3) is 0.0667. The van der Waals surface area contributed by atoms with Gasteiger partial charge in [0.1, 0.15) is 6.10 Å². The van der Waals surface area contributed by atoms with Gasteiger partial charge in [-0.1, -0.05) is 84.9 Å². The molecule has 0 aliphatic heterocycles. The monoisotopic (exact) mass is 475 g/mol. The summed E-state index contributed by atoms with van der Waals surface area (Å²) in [6, 6.07) is 34.1. The summed E-state index contributed by atoms with van der Waals surface area (Å²) in [6.07, 6.45) is -1.08. The average molecular weight is 476 g/mol. The standard InChI is InChI=1S/C30H25N3O3/c1-20(36-30(35)33-28-18-8-12-22-10-3-5-16-26(22)28)23-13-6-14-24(19-23)31-29(34)32-27-17-7-11-21-9-2-4-15-25(21)27/h2-20H,1H3,(H,33,35)(H2,31,32,34)/t20-/m1/s1. The number of carbonyl (C=O) groups is 2. The molecular weight excluding hydrogens is 450 g/mol. The van der Waals surface area contributed by atoms with Gasteiger partial charge in [-0.3, -0.25) is 5.32 Å². The third-order valence-corrected chi connectivity index (χ3v) is 5.96. The normalized spacial score (nSPS) is 11.6. The summed E-state index contributed by atoms with van der Waals surface area (Å²) in [4.78, 5) is 25.3. The molecule has 36 heavy (non-hydrogen) atoms. The van der Waals surface area contributed by atoms with Crippen LogP contribution < -0.4 is 16.0 Å². The van der Waals surface area contributed by atoms with Crippen LogP contribution in [0.4, 0.5) is 26.7 Å². The number of carbonyl (C=O) groups excluding carboxylic acids is 2. The van der Waals surface area contributed by atoms with Gasteiger partial charge in [0.2, 0.25) is 0 Å². The molecule has 0 aromatic heterocycles. The molecule has 0 spiro atoms. The van der Waals surface area contributed by atoms with Crippen LogP contribution in [0.3, 0.4) is 0 Å². The number of amides is 3. The van der Waals surface area contributed by atoms with E-state index < -0.39 is 12.2 Å². The molecule has 6 nitrogen and oxygen atoms in total. The summed E-state index contributed by atoms with van der Waals surface area (Å²) >= 11 is 0. The molecule has 0 radical (unpaired) electrons. The van der Waals surface area contributed by atoms with Gasteiger partial charge in [0.05, 0.1) is 11.4 Å². The van der Waals surface area contributed by atoms with E-state index in [1.165, 1.54) is 0 Å². The Morgan fingerprint density at radius 2 is 1.19 bits per heavy atom. The van der Waals surface area contributed by atoms with Crippen molar-refractivity contribution < 1.29 is 14.3 Å². The van der Waals surface area contributed by atoms with E-state index in [-0.39, 0.29) is 6.03 Å². The lowest BCUT2D eigenvalue weighted by Crippen LogP contribution is -2.20. The van der Waals surface area contributed by atoms with Gasteiger partial charge in [-0.05, 0) is 47.5 Å². The highest BCUT2D eigenvalue weighted by atomic mass is 16.6. The smallest absolute Gasteiger partial charge is 0.412 e. The van der Waals surface area contributed by atoms with Crippen LogP contribution in [0.15, 0.2) is 109 Å². The first kappa shape index (κ1) is 22.9. The molecule has 0 saturated heterocycles. The Labute approximate surface area is 208 Å². The molecule has 0 heterocycles. The Kier molecular flexibility index (Phi) is 6.49. The maximum atomic E-state index is 12.7. The SMILES string of the molecule is C[C@@H](OC(=O)Nc1cccc2ccccc12)c1cccc(NC(=O)Nc2cccc3ccccc23)c1. The number of nitrogens with one attached hydrogen (secondary N) is 3. The Morgan fingerprint density at radius 1 is 0.639 bits per heavy atom. The first-order chi connectivity index (χ1) is 17.6. The van der Waals surface area contributed by atoms with Gasteiger partial charge in [0, 0.05) is 16.5 Å². The van der Waals surface area contributed by atoms with E-state index in [2.05, 4.69) is 16.0 Å². The topological polar surface area (TPSA) is 79.5 Å². The van der Waals surface area contributed by atoms with Gasteiger partial charge < -0.3 is 15.4 Å². The van der Waals surface area contributed by atoms with Crippen molar-refractivity contribution in [2.24, 2.45) is 0 Å². The zero-order valence-electron chi connectivity index (χ0n) is 19.7. The molecule has 0 unspecified atom stereocenters. The van der Waals surface area contributed by atoms with E-state index in [9.17, 15) is 9.59 Å². The van der Waals surface area contributed by atoms with E-state index in [0.717, 1.165) is 32.8 Å². The molecule has 178 valence electrons. The predicted octanol–water partition coefficient (Wildman–Crippen LogP) is 7.95. The minimum absolute atomic E-state index is 0.356. The highest BCUT2D eigenvalue weighted by molar-refractivity contribution is 6.06. The molecule has 3 amide bonds. The minimum atomic E-state index is -0.550. The molecule has 1 atom stereocenters. The Morgan fingerprint density at radius 3 is 1.86 bits per heavy atom. The zero-order valence-corrected chi connectivity index (χ0v) is 19.7. The van der Waals surface area contributed by atoms with E-state index in [4.69, 9.17) is 4.74 Å². The molecule has 6 heteroatoms. The summed E-state index contributed by atoms with van der Waals surface area (Å²) in [5, 5.41) is 12.6. The molecule has 0 saturated carbocycles. The number of benzene rings is 5. The van der Waals surface area contributed by atoms with E-state index in [0.29, 0.717) is 11.4 Å². The van der Waals surface area contributed by atoms with Crippen molar-refractivity contribution in [3.8, 4) is 0 Å². The molecule has 0 aliphatic carbocycles. The number of hydrogen-bond donors (Lipinski definition) is 3. The molecule has 5 aromatic rings. The van der Waals surface area contributed by atoms with Gasteiger partial charge >= 0.3 is 12.1 Å². The third kappa shape index (κ3) is 5.13. The second-order valence-electron chi connectivity index (χ2n) is 8.43. The summed E-state index contributed by atoms with van der Waals surface area (Å²) in [5.41, 5.74) is 2.76. The lowest BCUT2D eigenvalue weighted by atomic mass is 10.1. The van der Waals surface area contributed by atoms with Crippen LogP contribution >= 0.6 is 0 Å². The summed E-state index contributed by atoms with van der Waals surface area (Å²) in [5.74, 6) is 0. The van der Waals surface area contributed by atoms with Crippen molar-refractivity contribution in [2.75, 3.05) is 16.0 Å². The second-order valence-corrected chi connectivity index (χ2v) is 8.43. The van der Waals surface area contributed by atoms with Crippen molar-refractivity contribution >= 4 is 50.7 Å². The van der Waals surface area contributed by atoms with Gasteiger partial charge in [-0.25, -0.2) is 9.59 Å². The van der Waals surface area contributed by atoms with Gasteiger partial charge in [0.25, 0.3) is 0 Å². The molecule has 5 rings (SSSR count). The maximum Gasteiger partial charge on any atom is 0.412 e. The maximum absolute atomic E-state index is 12.7. The summed E-state index contributed by atoms with van der Waals surface area (Å²) in [6.45, 7) is 1.79. The first-order valence-corrected chi connectivity index (χ1v) is 11.7. The minimum Gasteiger partial charge on any atom is -0.441 e. The largest absolute Gasteiger partial charge is 0.441 e. The Hall–Kier alpha value is -4.84. The van der Waals surface area contributed by atoms with Gasteiger partial charge in [0.15, 0.2) is 0 Å². The number of fused-ring (bicyclic) bond motifs is 2. The number of ether oxygens (including phenoxy) is 1. The Balaban J connectivity index is 1.23. The van der Waals surface area contributed by atoms with Crippen LogP contribution in [0, 0.1) is 0 Å². The van der Waals surface area contributed by atoms with Crippen LogP contribution in [-0.4, -0.2) is 12.1 Å². The molecule has 0 bridgehead atoms. The number of rotatable bonds is 5. The van der Waals surface area contributed by atoms with Gasteiger partial charge in [-0.2, -0.15) is 0 Å². The van der Waals surface area contributed by atoms with Crippen molar-refractivity contribution in [3.05, 3.63) is 115 Å². The molecule has 3 N–H and O–H groups in total. The zero-order chi connectivity index (χ0) is 24.9. The fourth-order valence-electron chi connectivity index (χ4n) is 4.19. The quantitative estimate of drug-likeness (QED) is 0.241. The van der Waals surface area contributed by atoms with Crippen LogP contribution in [-0.2, 0) is 4.74 Å². The van der Waals surface area contributed by atoms with Crippen molar-refractivity contribution in [1.29, 1.82) is 0 Å². The predicted molar refractivity (Wildman–Crippen MR) is 145 cm³/mol. The number of anilines is 3. The first-order valence-electron chi connectivity index (χ1n) is 11.7. The number of urea groups is 1. The van der Waals surface area contributed by atoms with Crippen molar-refractivity contribution in [3.63, 3.8) is 0 Å².